The first-order valence-corrected chi connectivity index (χ1v) is 9.49. The number of anilines is 1. The molecule has 1 amide bonds. The largest absolute Gasteiger partial charge is 0.348 e. The first kappa shape index (κ1) is 15.6. The number of carbonyl (C=O) groups excluding carboxylic acids is 1. The van der Waals surface area contributed by atoms with E-state index in [0.717, 1.165) is 56.7 Å². The second-order valence-electron chi connectivity index (χ2n) is 6.56. The van der Waals surface area contributed by atoms with Gasteiger partial charge >= 0.3 is 0 Å². The van der Waals surface area contributed by atoms with Crippen molar-refractivity contribution in [3.8, 4) is 0 Å². The zero-order chi connectivity index (χ0) is 16.5. The van der Waals surface area contributed by atoms with Gasteiger partial charge in [-0.15, -0.1) is 5.10 Å². The predicted molar refractivity (Wildman–Crippen MR) is 92.9 cm³/mol. The highest BCUT2D eigenvalue weighted by atomic mass is 32.1. The molecule has 0 bridgehead atoms. The average molecular weight is 347 g/mol. The molecule has 2 aromatic heterocycles. The Morgan fingerprint density at radius 2 is 1.92 bits per heavy atom. The van der Waals surface area contributed by atoms with E-state index in [2.05, 4.69) is 20.3 Å². The summed E-state index contributed by atoms with van der Waals surface area (Å²) in [6.07, 6.45) is 7.83. The Morgan fingerprint density at radius 1 is 1.17 bits per heavy atom. The maximum atomic E-state index is 12.7. The van der Waals surface area contributed by atoms with Gasteiger partial charge in [0, 0.05) is 25.2 Å². The van der Waals surface area contributed by atoms with Crippen LogP contribution >= 0.6 is 11.3 Å². The molecule has 128 valence electrons. The molecule has 2 fully saturated rings. The summed E-state index contributed by atoms with van der Waals surface area (Å²) in [4.78, 5) is 31.2. The molecule has 8 heteroatoms. The molecule has 0 spiro atoms. The number of nitrogens with one attached hydrogen (secondary N) is 1. The highest BCUT2D eigenvalue weighted by Gasteiger charge is 2.22. The Morgan fingerprint density at radius 3 is 2.67 bits per heavy atom. The van der Waals surface area contributed by atoms with Crippen LogP contribution in [-0.4, -0.2) is 39.6 Å². The van der Waals surface area contributed by atoms with Gasteiger partial charge in [-0.3, -0.25) is 9.59 Å². The minimum absolute atomic E-state index is 0.196. The van der Waals surface area contributed by atoms with Crippen LogP contribution in [0.5, 0.6) is 0 Å². The van der Waals surface area contributed by atoms with Crippen molar-refractivity contribution < 1.29 is 4.79 Å². The fourth-order valence-electron chi connectivity index (χ4n) is 3.51. The molecule has 1 aliphatic heterocycles. The van der Waals surface area contributed by atoms with Crippen molar-refractivity contribution in [2.75, 3.05) is 18.0 Å². The Balaban J connectivity index is 1.65. The minimum Gasteiger partial charge on any atom is -0.348 e. The second-order valence-corrected chi connectivity index (χ2v) is 7.50. The molecule has 3 heterocycles. The van der Waals surface area contributed by atoms with Crippen molar-refractivity contribution in [1.82, 2.24) is 19.9 Å². The van der Waals surface area contributed by atoms with Crippen LogP contribution in [0.15, 0.2) is 10.9 Å². The van der Waals surface area contributed by atoms with E-state index in [1.54, 1.807) is 0 Å². The molecule has 0 radical (unpaired) electrons. The maximum Gasteiger partial charge on any atom is 0.274 e. The molecule has 24 heavy (non-hydrogen) atoms. The molecule has 1 saturated heterocycles. The van der Waals surface area contributed by atoms with Crippen LogP contribution in [-0.2, 0) is 0 Å². The van der Waals surface area contributed by atoms with Gasteiger partial charge < -0.3 is 10.2 Å². The van der Waals surface area contributed by atoms with E-state index >= 15 is 0 Å². The first-order chi connectivity index (χ1) is 11.7. The van der Waals surface area contributed by atoms with Gasteiger partial charge in [-0.2, -0.15) is 9.50 Å². The summed E-state index contributed by atoms with van der Waals surface area (Å²) in [7, 11) is 0. The topological polar surface area (TPSA) is 79.6 Å². The first-order valence-electron chi connectivity index (χ1n) is 8.67. The van der Waals surface area contributed by atoms with E-state index in [4.69, 9.17) is 0 Å². The average Bonchev–Trinajstić information content (AvgIpc) is 3.24. The van der Waals surface area contributed by atoms with E-state index in [1.165, 1.54) is 28.3 Å². The number of aromatic nitrogens is 3. The zero-order valence-electron chi connectivity index (χ0n) is 13.5. The second kappa shape index (κ2) is 6.51. The van der Waals surface area contributed by atoms with Gasteiger partial charge in [0.15, 0.2) is 0 Å². The van der Waals surface area contributed by atoms with Crippen LogP contribution < -0.4 is 15.8 Å². The number of nitrogens with zero attached hydrogens (tertiary/aromatic N) is 4. The third kappa shape index (κ3) is 3.02. The normalized spacial score (nSPS) is 19.1. The molecule has 1 saturated carbocycles. The standard InChI is InChI=1S/C16H21N5O2S/c22-13-10-12(14(23)17-11-6-2-1-3-7-11)21-15(18-13)24-16(19-21)20-8-4-5-9-20/h10-11H,1-9H2,(H,17,23). The highest BCUT2D eigenvalue weighted by Crippen LogP contribution is 2.25. The van der Waals surface area contributed by atoms with Crippen LogP contribution in [0.4, 0.5) is 5.13 Å². The van der Waals surface area contributed by atoms with Gasteiger partial charge in [-0.05, 0) is 25.7 Å². The Kier molecular flexibility index (Phi) is 4.22. The van der Waals surface area contributed by atoms with Crippen molar-refractivity contribution in [1.29, 1.82) is 0 Å². The smallest absolute Gasteiger partial charge is 0.274 e. The lowest BCUT2D eigenvalue weighted by atomic mass is 9.95. The molecule has 1 N–H and O–H groups in total. The van der Waals surface area contributed by atoms with Crippen molar-refractivity contribution in [3.63, 3.8) is 0 Å². The SMILES string of the molecule is O=C(NC1CCCCC1)c1cc(=O)nc2sc(N3CCCC3)nn12. The molecular weight excluding hydrogens is 326 g/mol. The Hall–Kier alpha value is -1.96. The summed E-state index contributed by atoms with van der Waals surface area (Å²) in [6.45, 7) is 1.93. The van der Waals surface area contributed by atoms with E-state index in [1.807, 2.05) is 0 Å². The quantitative estimate of drug-likeness (QED) is 0.916. The number of fused-ring (bicyclic) bond motifs is 1. The molecule has 7 nitrogen and oxygen atoms in total. The minimum atomic E-state index is -0.389. The van der Waals surface area contributed by atoms with Gasteiger partial charge in [0.2, 0.25) is 10.1 Å². The molecule has 2 aromatic rings. The van der Waals surface area contributed by atoms with Gasteiger partial charge in [0.25, 0.3) is 11.5 Å². The van der Waals surface area contributed by atoms with Crippen LogP contribution in [0, 0.1) is 0 Å². The maximum absolute atomic E-state index is 12.7. The lowest BCUT2D eigenvalue weighted by molar-refractivity contribution is 0.0920. The fraction of sp³-hybridized carbons (Fsp3) is 0.625. The molecule has 0 aromatic carbocycles. The molecular formula is C16H21N5O2S. The molecule has 0 atom stereocenters. The number of amides is 1. The molecule has 1 aliphatic carbocycles. The number of carbonyl (C=O) groups is 1. The summed E-state index contributed by atoms with van der Waals surface area (Å²) in [5.41, 5.74) is -0.0994. The van der Waals surface area contributed by atoms with Crippen LogP contribution in [0.25, 0.3) is 4.96 Å². The monoisotopic (exact) mass is 347 g/mol. The zero-order valence-corrected chi connectivity index (χ0v) is 14.3. The number of hydrogen-bond acceptors (Lipinski definition) is 6. The van der Waals surface area contributed by atoms with Crippen molar-refractivity contribution in [2.45, 2.75) is 51.0 Å². The van der Waals surface area contributed by atoms with E-state index < -0.39 is 0 Å². The van der Waals surface area contributed by atoms with Crippen molar-refractivity contribution >= 4 is 27.3 Å². The third-order valence-electron chi connectivity index (χ3n) is 4.79. The summed E-state index contributed by atoms with van der Waals surface area (Å²) in [6, 6.07) is 1.49. The Bertz CT molecular complexity index is 802. The van der Waals surface area contributed by atoms with E-state index in [9.17, 15) is 9.59 Å². The summed E-state index contributed by atoms with van der Waals surface area (Å²) in [5.74, 6) is -0.227. The fourth-order valence-corrected chi connectivity index (χ4v) is 4.47. The summed E-state index contributed by atoms with van der Waals surface area (Å²) < 4.78 is 1.53. The Labute approximate surface area is 143 Å². The van der Waals surface area contributed by atoms with Gasteiger partial charge in [-0.1, -0.05) is 30.6 Å². The van der Waals surface area contributed by atoms with Crippen molar-refractivity contribution in [3.05, 3.63) is 22.1 Å². The van der Waals surface area contributed by atoms with Gasteiger partial charge in [0.05, 0.1) is 0 Å². The van der Waals surface area contributed by atoms with Gasteiger partial charge in [-0.25, -0.2) is 0 Å². The van der Waals surface area contributed by atoms with E-state index in [0.29, 0.717) is 4.96 Å². The van der Waals surface area contributed by atoms with Gasteiger partial charge in [0.1, 0.15) is 5.69 Å². The molecule has 2 aliphatic rings. The van der Waals surface area contributed by atoms with E-state index in [-0.39, 0.29) is 23.2 Å². The van der Waals surface area contributed by atoms with Crippen LogP contribution in [0.3, 0.4) is 0 Å². The number of rotatable bonds is 3. The van der Waals surface area contributed by atoms with Crippen LogP contribution in [0.1, 0.15) is 55.4 Å². The summed E-state index contributed by atoms with van der Waals surface area (Å²) in [5, 5.41) is 8.44. The lowest BCUT2D eigenvalue weighted by Crippen LogP contribution is -2.37. The number of hydrogen-bond donors (Lipinski definition) is 1. The predicted octanol–water partition coefficient (Wildman–Crippen LogP) is 1.81. The summed E-state index contributed by atoms with van der Waals surface area (Å²) >= 11 is 1.37. The molecule has 0 unspecified atom stereocenters. The highest BCUT2D eigenvalue weighted by molar-refractivity contribution is 7.20. The van der Waals surface area contributed by atoms with Crippen LogP contribution in [0.2, 0.25) is 0 Å². The third-order valence-corrected chi connectivity index (χ3v) is 5.76. The molecule has 4 rings (SSSR count). The van der Waals surface area contributed by atoms with Crippen molar-refractivity contribution in [2.24, 2.45) is 0 Å². The lowest BCUT2D eigenvalue weighted by Gasteiger charge is -2.22.